The van der Waals surface area contributed by atoms with Crippen LogP contribution in [0.1, 0.15) is 11.4 Å². The van der Waals surface area contributed by atoms with Crippen molar-refractivity contribution in [3.05, 3.63) is 82.6 Å². The molecule has 1 N–H and O–H groups in total. The van der Waals surface area contributed by atoms with E-state index in [-0.39, 0.29) is 11.6 Å². The normalized spacial score (nSPS) is 10.8. The van der Waals surface area contributed by atoms with Crippen molar-refractivity contribution >= 4 is 23.4 Å². The molecule has 2 heterocycles. The van der Waals surface area contributed by atoms with Gasteiger partial charge in [0.2, 0.25) is 5.91 Å². The van der Waals surface area contributed by atoms with Crippen LogP contribution in [0.4, 0.5) is 11.4 Å². The van der Waals surface area contributed by atoms with Crippen LogP contribution in [0.25, 0.3) is 11.9 Å². The Labute approximate surface area is 149 Å². The molecule has 2 aromatic heterocycles. The second-order valence-corrected chi connectivity index (χ2v) is 5.42. The third-order valence-corrected chi connectivity index (χ3v) is 3.62. The lowest BCUT2D eigenvalue weighted by atomic mass is 10.2. The maximum atomic E-state index is 12.0. The number of benzene rings is 1. The van der Waals surface area contributed by atoms with E-state index in [1.54, 1.807) is 42.7 Å². The molecule has 0 fully saturated rings. The number of hydrogen-bond donors (Lipinski definition) is 1. The van der Waals surface area contributed by atoms with E-state index in [1.165, 1.54) is 18.2 Å². The number of nitro benzene ring substituents is 1. The summed E-state index contributed by atoms with van der Waals surface area (Å²) in [6.45, 7) is 1.88. The first-order valence-electron chi connectivity index (χ1n) is 7.73. The van der Waals surface area contributed by atoms with Gasteiger partial charge < -0.3 is 5.32 Å². The van der Waals surface area contributed by atoms with Gasteiger partial charge >= 0.3 is 0 Å². The number of non-ortho nitro benzene ring substituents is 1. The first-order chi connectivity index (χ1) is 12.5. The lowest BCUT2D eigenvalue weighted by molar-refractivity contribution is -0.384. The van der Waals surface area contributed by atoms with Gasteiger partial charge in [0.25, 0.3) is 5.69 Å². The number of carbonyl (C=O) groups excluding carboxylic acids is 1. The molecule has 0 spiro atoms. The SMILES string of the molecule is Cc1nccn1-c1ccc(NC(=O)/C=C/c2ccc([N+](=O)[O-])cc2)cn1. The van der Waals surface area contributed by atoms with Crippen LogP contribution in [-0.2, 0) is 4.79 Å². The number of aryl methyl sites for hydroxylation is 1. The van der Waals surface area contributed by atoms with Crippen LogP contribution in [0.2, 0.25) is 0 Å². The minimum atomic E-state index is -0.470. The number of imidazole rings is 1. The fourth-order valence-corrected chi connectivity index (χ4v) is 2.29. The average Bonchev–Trinajstić information content (AvgIpc) is 3.07. The zero-order valence-corrected chi connectivity index (χ0v) is 13.9. The zero-order valence-electron chi connectivity index (χ0n) is 13.9. The number of pyridine rings is 1. The zero-order chi connectivity index (χ0) is 18.5. The van der Waals surface area contributed by atoms with Crippen LogP contribution < -0.4 is 5.32 Å². The molecule has 8 nitrogen and oxygen atoms in total. The summed E-state index contributed by atoms with van der Waals surface area (Å²) < 4.78 is 1.83. The molecule has 1 amide bonds. The van der Waals surface area contributed by atoms with Crippen molar-refractivity contribution in [2.75, 3.05) is 5.32 Å². The Kier molecular flexibility index (Phi) is 4.84. The maximum absolute atomic E-state index is 12.0. The fraction of sp³-hybridized carbons (Fsp3) is 0.0556. The van der Waals surface area contributed by atoms with Gasteiger partial charge in [0, 0.05) is 30.6 Å². The van der Waals surface area contributed by atoms with Gasteiger partial charge in [0.15, 0.2) is 0 Å². The molecule has 0 aliphatic heterocycles. The smallest absolute Gasteiger partial charge is 0.269 e. The standard InChI is InChI=1S/C18H15N5O3/c1-13-19-10-11-22(13)17-8-5-15(12-20-17)21-18(24)9-4-14-2-6-16(7-3-14)23(25)26/h2-12H,1H3,(H,21,24)/b9-4+. The molecule has 0 aliphatic rings. The summed E-state index contributed by atoms with van der Waals surface area (Å²) in [5.74, 6) is 1.21. The number of carbonyl (C=O) groups is 1. The number of nitrogens with one attached hydrogen (secondary N) is 1. The molecular weight excluding hydrogens is 334 g/mol. The third kappa shape index (κ3) is 3.99. The van der Waals surface area contributed by atoms with Gasteiger partial charge in [-0.1, -0.05) is 0 Å². The van der Waals surface area contributed by atoms with E-state index in [4.69, 9.17) is 0 Å². The van der Waals surface area contributed by atoms with Crippen LogP contribution in [0.3, 0.4) is 0 Å². The minimum absolute atomic E-state index is 0.00546. The van der Waals surface area contributed by atoms with E-state index in [9.17, 15) is 14.9 Å². The van der Waals surface area contributed by atoms with Crippen molar-refractivity contribution < 1.29 is 9.72 Å². The number of hydrogen-bond acceptors (Lipinski definition) is 5. The van der Waals surface area contributed by atoms with E-state index >= 15 is 0 Å². The number of aromatic nitrogens is 3. The summed E-state index contributed by atoms with van der Waals surface area (Å²) in [7, 11) is 0. The van der Waals surface area contributed by atoms with Crippen molar-refractivity contribution in [2.24, 2.45) is 0 Å². The second kappa shape index (κ2) is 7.39. The molecule has 0 radical (unpaired) electrons. The van der Waals surface area contributed by atoms with Crippen molar-refractivity contribution in [3.8, 4) is 5.82 Å². The van der Waals surface area contributed by atoms with E-state index in [0.29, 0.717) is 17.1 Å². The molecule has 0 saturated heterocycles. The van der Waals surface area contributed by atoms with Gasteiger partial charge in [-0.25, -0.2) is 9.97 Å². The predicted octanol–water partition coefficient (Wildman–Crippen LogP) is 3.14. The topological polar surface area (TPSA) is 103 Å². The highest BCUT2D eigenvalue weighted by molar-refractivity contribution is 6.01. The number of rotatable bonds is 5. The first kappa shape index (κ1) is 17.0. The molecular formula is C18H15N5O3. The minimum Gasteiger partial charge on any atom is -0.321 e. The lowest BCUT2D eigenvalue weighted by Gasteiger charge is -2.06. The first-order valence-corrected chi connectivity index (χ1v) is 7.73. The van der Waals surface area contributed by atoms with Gasteiger partial charge in [-0.3, -0.25) is 19.5 Å². The molecule has 8 heteroatoms. The largest absolute Gasteiger partial charge is 0.321 e. The number of nitrogens with zero attached hydrogens (tertiary/aromatic N) is 4. The van der Waals surface area contributed by atoms with Gasteiger partial charge in [0.1, 0.15) is 11.6 Å². The van der Waals surface area contributed by atoms with E-state index in [2.05, 4.69) is 15.3 Å². The van der Waals surface area contributed by atoms with Gasteiger partial charge in [0.05, 0.1) is 16.8 Å². The molecule has 0 saturated carbocycles. The van der Waals surface area contributed by atoms with Crippen LogP contribution in [0.15, 0.2) is 61.1 Å². The molecule has 0 unspecified atom stereocenters. The highest BCUT2D eigenvalue weighted by Crippen LogP contribution is 2.14. The Morgan fingerprint density at radius 1 is 1.19 bits per heavy atom. The van der Waals surface area contributed by atoms with Crippen molar-refractivity contribution in [2.45, 2.75) is 6.92 Å². The summed E-state index contributed by atoms with van der Waals surface area (Å²) in [5, 5.41) is 13.3. The third-order valence-electron chi connectivity index (χ3n) is 3.62. The number of amides is 1. The molecule has 130 valence electrons. The Hall–Kier alpha value is -3.81. The summed E-state index contributed by atoms with van der Waals surface area (Å²) in [6.07, 6.45) is 8.00. The lowest BCUT2D eigenvalue weighted by Crippen LogP contribution is -2.08. The summed E-state index contributed by atoms with van der Waals surface area (Å²) in [5.41, 5.74) is 1.26. The summed E-state index contributed by atoms with van der Waals surface area (Å²) >= 11 is 0. The predicted molar refractivity (Wildman–Crippen MR) is 96.9 cm³/mol. The van der Waals surface area contributed by atoms with Crippen LogP contribution >= 0.6 is 0 Å². The molecule has 3 aromatic rings. The van der Waals surface area contributed by atoms with E-state index in [0.717, 1.165) is 5.82 Å². The van der Waals surface area contributed by atoms with Crippen LogP contribution in [0.5, 0.6) is 0 Å². The Morgan fingerprint density at radius 3 is 2.54 bits per heavy atom. The molecule has 3 rings (SSSR count). The monoisotopic (exact) mass is 349 g/mol. The highest BCUT2D eigenvalue weighted by atomic mass is 16.6. The van der Waals surface area contributed by atoms with E-state index < -0.39 is 4.92 Å². The van der Waals surface area contributed by atoms with E-state index in [1.807, 2.05) is 17.7 Å². The Morgan fingerprint density at radius 2 is 1.96 bits per heavy atom. The fourth-order valence-electron chi connectivity index (χ4n) is 2.29. The summed E-state index contributed by atoms with van der Waals surface area (Å²) in [6, 6.07) is 9.46. The molecule has 0 bridgehead atoms. The maximum Gasteiger partial charge on any atom is 0.269 e. The Bertz CT molecular complexity index is 959. The van der Waals surface area contributed by atoms with Crippen molar-refractivity contribution in [1.82, 2.24) is 14.5 Å². The Balaban J connectivity index is 1.62. The van der Waals surface area contributed by atoms with Gasteiger partial charge in [-0.2, -0.15) is 0 Å². The summed E-state index contributed by atoms with van der Waals surface area (Å²) in [4.78, 5) is 30.6. The number of anilines is 1. The molecule has 1 aromatic carbocycles. The molecule has 0 atom stereocenters. The average molecular weight is 349 g/mol. The van der Waals surface area contributed by atoms with Gasteiger partial charge in [-0.05, 0) is 42.8 Å². The van der Waals surface area contributed by atoms with Gasteiger partial charge in [-0.15, -0.1) is 0 Å². The highest BCUT2D eigenvalue weighted by Gasteiger charge is 2.04. The van der Waals surface area contributed by atoms with Crippen molar-refractivity contribution in [3.63, 3.8) is 0 Å². The quantitative estimate of drug-likeness (QED) is 0.433. The van der Waals surface area contributed by atoms with Crippen molar-refractivity contribution in [1.29, 1.82) is 0 Å². The molecule has 26 heavy (non-hydrogen) atoms. The molecule has 0 aliphatic carbocycles. The van der Waals surface area contributed by atoms with Crippen LogP contribution in [-0.4, -0.2) is 25.4 Å². The van der Waals surface area contributed by atoms with Crippen LogP contribution in [0, 0.1) is 17.0 Å². The number of nitro groups is 1. The second-order valence-electron chi connectivity index (χ2n) is 5.42.